The van der Waals surface area contributed by atoms with E-state index in [1.54, 1.807) is 25.0 Å². The molecule has 1 heterocycles. The molecule has 1 aliphatic rings. The topological polar surface area (TPSA) is 72.9 Å². The second-order valence-corrected chi connectivity index (χ2v) is 4.96. The monoisotopic (exact) mass is 395 g/mol. The Kier molecular flexibility index (Phi) is 6.44. The fourth-order valence-corrected chi connectivity index (χ4v) is 2.72. The summed E-state index contributed by atoms with van der Waals surface area (Å²) in [6, 6.07) is 0. The van der Waals surface area contributed by atoms with Gasteiger partial charge in [0.1, 0.15) is 0 Å². The molecule has 20 heavy (non-hydrogen) atoms. The first-order chi connectivity index (χ1) is 9.47. The van der Waals surface area contributed by atoms with E-state index in [9.17, 15) is 14.4 Å². The van der Waals surface area contributed by atoms with Crippen LogP contribution < -0.4 is 0 Å². The number of likely N-dealkylation sites (tertiary alicyclic amines) is 1. The van der Waals surface area contributed by atoms with Gasteiger partial charge in [0.25, 0.3) is 0 Å². The third kappa shape index (κ3) is 3.50. The van der Waals surface area contributed by atoms with E-state index in [0.29, 0.717) is 6.54 Å². The number of halogens is 1. The lowest BCUT2D eigenvalue weighted by Gasteiger charge is -2.19. The predicted molar refractivity (Wildman–Crippen MR) is 80.0 cm³/mol. The lowest BCUT2D eigenvalue weighted by Crippen LogP contribution is -2.38. The predicted octanol–water partition coefficient (Wildman–Crippen LogP) is 1.14. The quantitative estimate of drug-likeness (QED) is 0.397. The van der Waals surface area contributed by atoms with Crippen LogP contribution in [-0.2, 0) is 23.9 Å². The van der Waals surface area contributed by atoms with Crippen molar-refractivity contribution in [2.45, 2.75) is 13.8 Å². The van der Waals surface area contributed by atoms with Crippen LogP contribution in [0, 0.1) is 11.8 Å². The van der Waals surface area contributed by atoms with E-state index in [1.807, 2.05) is 22.6 Å². The molecule has 0 aliphatic carbocycles. The maximum Gasteiger partial charge on any atom is 0.321 e. The van der Waals surface area contributed by atoms with Crippen molar-refractivity contribution in [1.82, 2.24) is 4.90 Å². The minimum Gasteiger partial charge on any atom is -0.465 e. The van der Waals surface area contributed by atoms with Gasteiger partial charge in [0.2, 0.25) is 5.91 Å². The zero-order valence-electron chi connectivity index (χ0n) is 11.7. The van der Waals surface area contributed by atoms with Crippen LogP contribution in [0.5, 0.6) is 0 Å². The highest BCUT2D eigenvalue weighted by Gasteiger charge is 2.48. The average Bonchev–Trinajstić information content (AvgIpc) is 2.68. The van der Waals surface area contributed by atoms with E-state index in [4.69, 9.17) is 9.47 Å². The number of hydrogen-bond acceptors (Lipinski definition) is 5. The van der Waals surface area contributed by atoms with Gasteiger partial charge < -0.3 is 14.4 Å². The molecule has 0 aromatic heterocycles. The summed E-state index contributed by atoms with van der Waals surface area (Å²) in [7, 11) is 1.63. The standard InChI is InChI=1S/C13H18INO5/c1-4-19-12(17)10(13(18)20-5-2)9-8(6-14)7-15(3)11(9)16/h6,9-10H,4-5,7H2,1-3H3/b8-6+. The molecule has 0 spiro atoms. The Hall–Kier alpha value is -1.12. The normalized spacial score (nSPS) is 20.6. The molecule has 0 aromatic rings. The van der Waals surface area contributed by atoms with E-state index in [2.05, 4.69) is 0 Å². The maximum absolute atomic E-state index is 12.2. The van der Waals surface area contributed by atoms with Gasteiger partial charge >= 0.3 is 11.9 Å². The van der Waals surface area contributed by atoms with Crippen molar-refractivity contribution in [3.63, 3.8) is 0 Å². The maximum atomic E-state index is 12.2. The van der Waals surface area contributed by atoms with E-state index in [0.717, 1.165) is 5.57 Å². The number of rotatable bonds is 5. The van der Waals surface area contributed by atoms with Crippen molar-refractivity contribution in [2.24, 2.45) is 11.8 Å². The summed E-state index contributed by atoms with van der Waals surface area (Å²) in [5.74, 6) is -3.74. The van der Waals surface area contributed by atoms with Crippen molar-refractivity contribution in [3.8, 4) is 0 Å². The number of likely N-dealkylation sites (N-methyl/N-ethyl adjacent to an activating group) is 1. The lowest BCUT2D eigenvalue weighted by atomic mass is 9.88. The highest BCUT2D eigenvalue weighted by atomic mass is 127. The number of hydrogen-bond donors (Lipinski definition) is 0. The molecular formula is C13H18INO5. The number of amides is 1. The number of carbonyl (C=O) groups excluding carboxylic acids is 3. The van der Waals surface area contributed by atoms with Gasteiger partial charge in [0.05, 0.1) is 19.1 Å². The molecule has 0 N–H and O–H groups in total. The van der Waals surface area contributed by atoms with Gasteiger partial charge in [-0.25, -0.2) is 0 Å². The fourth-order valence-electron chi connectivity index (χ4n) is 2.14. The van der Waals surface area contributed by atoms with Gasteiger partial charge in [-0.1, -0.05) is 22.6 Å². The summed E-state index contributed by atoms with van der Waals surface area (Å²) < 4.78 is 11.6. The van der Waals surface area contributed by atoms with Crippen LogP contribution in [0.1, 0.15) is 13.8 Å². The second kappa shape index (κ2) is 7.61. The van der Waals surface area contributed by atoms with Crippen LogP contribution in [0.3, 0.4) is 0 Å². The van der Waals surface area contributed by atoms with Crippen LogP contribution in [-0.4, -0.2) is 49.6 Å². The molecule has 1 fully saturated rings. The van der Waals surface area contributed by atoms with Crippen LogP contribution in [0.15, 0.2) is 9.66 Å². The Morgan fingerprint density at radius 1 is 1.35 bits per heavy atom. The summed E-state index contributed by atoms with van der Waals surface area (Å²) in [5.41, 5.74) is 0.726. The van der Waals surface area contributed by atoms with Crippen LogP contribution in [0.2, 0.25) is 0 Å². The van der Waals surface area contributed by atoms with Gasteiger partial charge in [-0.2, -0.15) is 0 Å². The van der Waals surface area contributed by atoms with Crippen LogP contribution in [0.4, 0.5) is 0 Å². The first-order valence-electron chi connectivity index (χ1n) is 6.35. The third-order valence-corrected chi connectivity index (χ3v) is 3.82. The Bertz CT molecular complexity index is 416. The molecule has 1 amide bonds. The average molecular weight is 395 g/mol. The summed E-state index contributed by atoms with van der Waals surface area (Å²) in [4.78, 5) is 37.8. The molecule has 1 atom stereocenters. The number of esters is 2. The molecule has 112 valence electrons. The van der Waals surface area contributed by atoms with Crippen LogP contribution in [0.25, 0.3) is 0 Å². The minimum atomic E-state index is -1.23. The van der Waals surface area contributed by atoms with Crippen molar-refractivity contribution in [2.75, 3.05) is 26.8 Å². The second-order valence-electron chi connectivity index (χ2n) is 4.34. The molecule has 0 radical (unpaired) electrons. The van der Waals surface area contributed by atoms with E-state index in [1.165, 1.54) is 4.90 Å². The first-order valence-corrected chi connectivity index (χ1v) is 7.59. The summed E-state index contributed by atoms with van der Waals surface area (Å²) >= 11 is 2.00. The number of ether oxygens (including phenoxy) is 2. The minimum absolute atomic E-state index is 0.148. The van der Waals surface area contributed by atoms with E-state index < -0.39 is 23.8 Å². The van der Waals surface area contributed by atoms with Gasteiger partial charge in [0, 0.05) is 13.6 Å². The Labute approximate surface area is 131 Å². The molecule has 1 rings (SSSR count). The largest absolute Gasteiger partial charge is 0.465 e. The molecule has 6 nitrogen and oxygen atoms in total. The van der Waals surface area contributed by atoms with Crippen molar-refractivity contribution < 1.29 is 23.9 Å². The smallest absolute Gasteiger partial charge is 0.321 e. The SMILES string of the molecule is CCOC(=O)C(C(=O)OCC)C1C(=O)N(C)C/C1=C\I. The third-order valence-electron chi connectivity index (χ3n) is 3.02. The summed E-state index contributed by atoms with van der Waals surface area (Å²) in [6.45, 7) is 4.00. The molecular weight excluding hydrogens is 377 g/mol. The molecule has 1 aliphatic heterocycles. The number of nitrogens with zero attached hydrogens (tertiary/aromatic N) is 1. The molecule has 0 bridgehead atoms. The van der Waals surface area contributed by atoms with Crippen molar-refractivity contribution in [1.29, 1.82) is 0 Å². The van der Waals surface area contributed by atoms with E-state index >= 15 is 0 Å². The molecule has 0 saturated carbocycles. The Morgan fingerprint density at radius 3 is 2.25 bits per heavy atom. The zero-order chi connectivity index (χ0) is 15.3. The summed E-state index contributed by atoms with van der Waals surface area (Å²) in [5, 5.41) is 0. The Balaban J connectivity index is 3.12. The van der Waals surface area contributed by atoms with E-state index in [-0.39, 0.29) is 19.1 Å². The molecule has 1 unspecified atom stereocenters. The van der Waals surface area contributed by atoms with Crippen LogP contribution >= 0.6 is 22.6 Å². The van der Waals surface area contributed by atoms with Gasteiger partial charge in [0.15, 0.2) is 5.92 Å². The zero-order valence-corrected chi connectivity index (χ0v) is 13.9. The molecule has 7 heteroatoms. The van der Waals surface area contributed by atoms with Crippen molar-refractivity contribution in [3.05, 3.63) is 9.66 Å². The highest BCUT2D eigenvalue weighted by molar-refractivity contribution is 14.1. The Morgan fingerprint density at radius 2 is 1.85 bits per heavy atom. The van der Waals surface area contributed by atoms with Gasteiger partial charge in [-0.05, 0) is 23.5 Å². The van der Waals surface area contributed by atoms with Crippen molar-refractivity contribution >= 4 is 40.4 Å². The van der Waals surface area contributed by atoms with Gasteiger partial charge in [-0.15, -0.1) is 0 Å². The fraction of sp³-hybridized carbons (Fsp3) is 0.615. The summed E-state index contributed by atoms with van der Waals surface area (Å²) in [6.07, 6.45) is 0. The molecule has 1 saturated heterocycles. The number of carbonyl (C=O) groups is 3. The molecule has 0 aromatic carbocycles. The highest BCUT2D eigenvalue weighted by Crippen LogP contribution is 2.32. The van der Waals surface area contributed by atoms with Gasteiger partial charge in [-0.3, -0.25) is 14.4 Å². The first kappa shape index (κ1) is 16.9. The lowest BCUT2D eigenvalue weighted by molar-refractivity contribution is -0.165.